The molecule has 0 amide bonds. The summed E-state index contributed by atoms with van der Waals surface area (Å²) < 4.78 is 17.7. The predicted octanol–water partition coefficient (Wildman–Crippen LogP) is 4.22. The Bertz CT molecular complexity index is 350. The van der Waals surface area contributed by atoms with Crippen LogP contribution >= 0.6 is 0 Å². The topological polar surface area (TPSA) is 70.8 Å². The van der Waals surface area contributed by atoms with Gasteiger partial charge >= 0.3 is 0 Å². The fourth-order valence-corrected chi connectivity index (χ4v) is 3.13. The third kappa shape index (κ3) is 8.98. The number of nitrogens with two attached hydrogens (primary N) is 1. The fourth-order valence-electron chi connectivity index (χ4n) is 3.13. The Labute approximate surface area is 154 Å². The maximum absolute atomic E-state index is 11.7. The summed E-state index contributed by atoms with van der Waals surface area (Å²) in [7, 11) is 0. The van der Waals surface area contributed by atoms with Crippen molar-refractivity contribution in [2.45, 2.75) is 85.0 Å². The van der Waals surface area contributed by atoms with E-state index in [-0.39, 0.29) is 5.92 Å². The van der Waals surface area contributed by atoms with Crippen LogP contribution in [0, 0.1) is 5.92 Å². The lowest BCUT2D eigenvalue weighted by Crippen LogP contribution is -2.47. The highest BCUT2D eigenvalue weighted by atomic mass is 16.9. The second-order valence-corrected chi connectivity index (χ2v) is 6.18. The van der Waals surface area contributed by atoms with Gasteiger partial charge in [-0.2, -0.15) is 0 Å². The van der Waals surface area contributed by atoms with Gasteiger partial charge in [-0.25, -0.2) is 4.79 Å². The number of carbonyl (C=O) groups excluding carboxylic acids is 1. The number of rotatable bonds is 17. The van der Waals surface area contributed by atoms with Gasteiger partial charge in [-0.3, -0.25) is 0 Å². The zero-order valence-electron chi connectivity index (χ0n) is 16.8. The van der Waals surface area contributed by atoms with Gasteiger partial charge in [-0.1, -0.05) is 32.6 Å². The molecule has 0 aliphatic rings. The van der Waals surface area contributed by atoms with Crippen molar-refractivity contribution in [2.75, 3.05) is 26.4 Å². The second kappa shape index (κ2) is 15.5. The molecule has 0 fully saturated rings. The standard InChI is InChI=1S/C20H39NO4/c1-5-9-10-11-12-14-18(17-22)19(15-13-16-21)20(23-6-2,24-7-3)25-8-4/h19H,5-16,21H2,1-4H3. The van der Waals surface area contributed by atoms with Crippen molar-refractivity contribution >= 4 is 5.94 Å². The highest BCUT2D eigenvalue weighted by Gasteiger charge is 2.44. The maximum Gasteiger partial charge on any atom is 0.290 e. The lowest BCUT2D eigenvalue weighted by Gasteiger charge is -2.39. The molecule has 0 radical (unpaired) electrons. The minimum Gasteiger partial charge on any atom is -0.330 e. The van der Waals surface area contributed by atoms with Crippen molar-refractivity contribution in [1.82, 2.24) is 0 Å². The quantitative estimate of drug-likeness (QED) is 0.240. The Morgan fingerprint density at radius 2 is 1.48 bits per heavy atom. The van der Waals surface area contributed by atoms with Crippen LogP contribution in [-0.2, 0) is 19.0 Å². The first-order chi connectivity index (χ1) is 12.2. The first kappa shape index (κ1) is 24.3. The molecule has 1 atom stereocenters. The molecule has 0 rings (SSSR count). The summed E-state index contributed by atoms with van der Waals surface area (Å²) in [5.74, 6) is 0.671. The molecule has 0 aromatic heterocycles. The van der Waals surface area contributed by atoms with Gasteiger partial charge in [0.05, 0.1) is 5.92 Å². The zero-order chi connectivity index (χ0) is 19.0. The summed E-state index contributed by atoms with van der Waals surface area (Å²) in [6, 6.07) is 0. The van der Waals surface area contributed by atoms with Gasteiger partial charge in [0.15, 0.2) is 0 Å². The van der Waals surface area contributed by atoms with Crippen LogP contribution < -0.4 is 5.73 Å². The van der Waals surface area contributed by atoms with Crippen molar-refractivity contribution < 1.29 is 19.0 Å². The molecule has 25 heavy (non-hydrogen) atoms. The van der Waals surface area contributed by atoms with Gasteiger partial charge in [0, 0.05) is 25.4 Å². The highest BCUT2D eigenvalue weighted by molar-refractivity contribution is 5.53. The summed E-state index contributed by atoms with van der Waals surface area (Å²) in [6.07, 6.45) is 7.91. The third-order valence-electron chi connectivity index (χ3n) is 4.26. The first-order valence-electron chi connectivity index (χ1n) is 10.0. The zero-order valence-corrected chi connectivity index (χ0v) is 16.8. The SMILES string of the molecule is CCCCCCCC(=C=O)C(CCCN)C(OCC)(OCC)OCC. The third-order valence-corrected chi connectivity index (χ3v) is 4.26. The minimum atomic E-state index is -1.22. The summed E-state index contributed by atoms with van der Waals surface area (Å²) in [6.45, 7) is 9.80. The van der Waals surface area contributed by atoms with Crippen LogP contribution in [0.15, 0.2) is 5.57 Å². The van der Waals surface area contributed by atoms with E-state index in [1.165, 1.54) is 19.3 Å². The predicted molar refractivity (Wildman–Crippen MR) is 102 cm³/mol. The molecule has 0 aliphatic carbocycles. The second-order valence-electron chi connectivity index (χ2n) is 6.18. The Morgan fingerprint density at radius 1 is 0.920 bits per heavy atom. The van der Waals surface area contributed by atoms with Crippen LogP contribution in [-0.4, -0.2) is 38.3 Å². The molecule has 5 heteroatoms. The van der Waals surface area contributed by atoms with E-state index in [0.717, 1.165) is 19.3 Å². The minimum absolute atomic E-state index is 0.278. The maximum atomic E-state index is 11.7. The van der Waals surface area contributed by atoms with Crippen molar-refractivity contribution in [3.63, 3.8) is 0 Å². The van der Waals surface area contributed by atoms with Gasteiger partial charge in [-0.05, 0) is 53.0 Å². The molecular formula is C20H39NO4. The van der Waals surface area contributed by atoms with Crippen LogP contribution in [0.4, 0.5) is 0 Å². The molecule has 0 aromatic carbocycles. The first-order valence-corrected chi connectivity index (χ1v) is 10.0. The number of hydrogen-bond donors (Lipinski definition) is 1. The normalized spacial score (nSPS) is 12.8. The Hall–Kier alpha value is -0.710. The van der Waals surface area contributed by atoms with Crippen LogP contribution in [0.25, 0.3) is 0 Å². The van der Waals surface area contributed by atoms with E-state index in [0.29, 0.717) is 44.8 Å². The van der Waals surface area contributed by atoms with Crippen LogP contribution in [0.5, 0.6) is 0 Å². The van der Waals surface area contributed by atoms with Crippen molar-refractivity contribution in [1.29, 1.82) is 0 Å². The molecule has 5 nitrogen and oxygen atoms in total. The van der Waals surface area contributed by atoms with Crippen LogP contribution in [0.1, 0.15) is 79.1 Å². The largest absolute Gasteiger partial charge is 0.330 e. The fraction of sp³-hybridized carbons (Fsp3) is 0.900. The van der Waals surface area contributed by atoms with Crippen molar-refractivity contribution in [2.24, 2.45) is 11.7 Å². The molecule has 0 spiro atoms. The Balaban J connectivity index is 5.30. The van der Waals surface area contributed by atoms with Crippen LogP contribution in [0.2, 0.25) is 0 Å². The molecule has 0 aromatic rings. The van der Waals surface area contributed by atoms with Crippen LogP contribution in [0.3, 0.4) is 0 Å². The number of hydrogen-bond acceptors (Lipinski definition) is 5. The van der Waals surface area contributed by atoms with E-state index in [4.69, 9.17) is 19.9 Å². The van der Waals surface area contributed by atoms with E-state index in [1.54, 1.807) is 0 Å². The van der Waals surface area contributed by atoms with Crippen molar-refractivity contribution in [3.05, 3.63) is 5.57 Å². The van der Waals surface area contributed by atoms with Gasteiger partial charge in [-0.15, -0.1) is 0 Å². The van der Waals surface area contributed by atoms with Crippen molar-refractivity contribution in [3.8, 4) is 0 Å². The molecule has 0 saturated heterocycles. The van der Waals surface area contributed by atoms with E-state index < -0.39 is 5.97 Å². The Kier molecular flexibility index (Phi) is 15.1. The van der Waals surface area contributed by atoms with Gasteiger partial charge in [0.1, 0.15) is 5.94 Å². The average molecular weight is 358 g/mol. The summed E-state index contributed by atoms with van der Waals surface area (Å²) in [4.78, 5) is 11.7. The number of unbranched alkanes of at least 4 members (excludes halogenated alkanes) is 4. The number of ether oxygens (including phenoxy) is 3. The smallest absolute Gasteiger partial charge is 0.290 e. The highest BCUT2D eigenvalue weighted by Crippen LogP contribution is 2.36. The van der Waals surface area contributed by atoms with E-state index in [1.807, 2.05) is 20.8 Å². The lowest BCUT2D eigenvalue weighted by atomic mass is 9.88. The summed E-state index contributed by atoms with van der Waals surface area (Å²) >= 11 is 0. The molecule has 0 saturated carbocycles. The van der Waals surface area contributed by atoms with Gasteiger partial charge in [0.25, 0.3) is 5.97 Å². The molecule has 2 N–H and O–H groups in total. The average Bonchev–Trinajstić information content (AvgIpc) is 2.60. The van der Waals surface area contributed by atoms with Gasteiger partial charge in [0.2, 0.25) is 0 Å². The molecule has 0 bridgehead atoms. The summed E-state index contributed by atoms with van der Waals surface area (Å²) in [5, 5.41) is 0. The Morgan fingerprint density at radius 3 is 1.92 bits per heavy atom. The van der Waals surface area contributed by atoms with E-state index in [9.17, 15) is 4.79 Å². The monoisotopic (exact) mass is 357 g/mol. The van der Waals surface area contributed by atoms with Gasteiger partial charge < -0.3 is 19.9 Å². The molecule has 0 heterocycles. The van der Waals surface area contributed by atoms with E-state index >= 15 is 0 Å². The molecule has 0 aliphatic heterocycles. The molecular weight excluding hydrogens is 318 g/mol. The summed E-state index contributed by atoms with van der Waals surface area (Å²) in [5.41, 5.74) is 6.40. The molecule has 1 unspecified atom stereocenters. The van der Waals surface area contributed by atoms with E-state index in [2.05, 4.69) is 12.9 Å². The molecule has 148 valence electrons. The lowest BCUT2D eigenvalue weighted by molar-refractivity contribution is -0.397.